The highest BCUT2D eigenvalue weighted by molar-refractivity contribution is 8.77. The van der Waals surface area contributed by atoms with Crippen molar-refractivity contribution in [2.45, 2.75) is 135 Å². The van der Waals surface area contributed by atoms with Gasteiger partial charge in [0.1, 0.15) is 31.4 Å². The summed E-state index contributed by atoms with van der Waals surface area (Å²) < 4.78 is 53.8. The van der Waals surface area contributed by atoms with Crippen molar-refractivity contribution in [2.24, 2.45) is 11.1 Å². The number of amides is 3. The Morgan fingerprint density at radius 3 is 2.16 bits per heavy atom. The Morgan fingerprint density at radius 2 is 1.44 bits per heavy atom. The van der Waals surface area contributed by atoms with Crippen molar-refractivity contribution in [3.63, 3.8) is 0 Å². The number of para-hydroxylation sites is 2. The molecule has 0 aromatic heterocycles. The summed E-state index contributed by atoms with van der Waals surface area (Å²) in [6.45, 7) is 8.65. The van der Waals surface area contributed by atoms with Gasteiger partial charge in [-0.1, -0.05) is 63.1 Å². The third-order valence-electron chi connectivity index (χ3n) is 15.1. The van der Waals surface area contributed by atoms with Gasteiger partial charge < -0.3 is 34.2 Å². The van der Waals surface area contributed by atoms with E-state index in [2.05, 4.69) is 30.4 Å². The van der Waals surface area contributed by atoms with E-state index in [1.807, 2.05) is 84.6 Å². The molecule has 5 aromatic carbocycles. The number of ketones is 1. The van der Waals surface area contributed by atoms with Gasteiger partial charge in [-0.05, 0) is 179 Å². The number of unbranched alkanes of at least 4 members (excludes halogenated alkanes) is 1. The summed E-state index contributed by atoms with van der Waals surface area (Å²) >= 11 is 0. The average Bonchev–Trinajstić information content (AvgIpc) is 3.97. The molecule has 18 heteroatoms. The van der Waals surface area contributed by atoms with Crippen molar-refractivity contribution < 1.29 is 51.2 Å². The first-order valence-corrected chi connectivity index (χ1v) is 31.1. The van der Waals surface area contributed by atoms with Crippen LogP contribution in [0.1, 0.15) is 132 Å². The van der Waals surface area contributed by atoms with Crippen molar-refractivity contribution in [3.8, 4) is 17.2 Å². The molecule has 0 bridgehead atoms. The Bertz CT molecular complexity index is 3240. The fraction of sp³-hybridized carbons (Fsp3) is 0.426. The van der Waals surface area contributed by atoms with E-state index in [9.17, 15) is 32.1 Å². The standard InChI is InChI=1S/C61H70N4O11S3/c1-6-62-76-24-12-11-16-49(66)17-13-25-77-78-61(3,4)23-22-58(67)63-47-28-40(36-74-55-33-42-20-21-48-31-43-14-7-9-18-52(43)64(48)59(68)50(42)26-39(55)2)27-41(29-47)37-75-57-34-45-30-46(38-79(70,71)72)54-32-44-15-8-10-19-53(44)65(54)60(69)51(45)35-56(57)73-5/h6-10,14-15,18-19,26-29,33-35,46,48,54H,11-13,16-17,20-25,30-32,36-38H2,1-5H3,(H,63,67)(H,70,71,72)/b62-6-/t46?,48-,54+/m1/s1. The Morgan fingerprint density at radius 1 is 0.785 bits per heavy atom. The average molecular weight is 1130 g/mol. The molecule has 2 N–H and O–H groups in total. The molecule has 3 amide bonds. The van der Waals surface area contributed by atoms with Crippen LogP contribution in [0.4, 0.5) is 17.1 Å². The number of carbonyl (C=O) groups is 4. The van der Waals surface area contributed by atoms with E-state index in [1.54, 1.807) is 51.8 Å². The molecule has 0 spiro atoms. The van der Waals surface area contributed by atoms with Crippen LogP contribution in [0.15, 0.2) is 96.2 Å². The lowest BCUT2D eigenvalue weighted by molar-refractivity contribution is -0.119. The Balaban J connectivity index is 0.902. The number of fused-ring (bicyclic) bond motifs is 8. The molecule has 9 rings (SSSR count). The molecular formula is C61H70N4O11S3. The summed E-state index contributed by atoms with van der Waals surface area (Å²) in [7, 11) is 0.528. The molecular weight excluding hydrogens is 1060 g/mol. The normalized spacial score (nSPS) is 17.5. The molecule has 0 saturated heterocycles. The van der Waals surface area contributed by atoms with Crippen molar-refractivity contribution in [2.75, 3.05) is 40.3 Å². The monoisotopic (exact) mass is 1130 g/mol. The van der Waals surface area contributed by atoms with Crippen LogP contribution < -0.4 is 29.3 Å². The lowest BCUT2D eigenvalue weighted by Gasteiger charge is -2.28. The zero-order chi connectivity index (χ0) is 55.8. The molecule has 0 saturated carbocycles. The smallest absolute Gasteiger partial charge is 0.265 e. The van der Waals surface area contributed by atoms with Gasteiger partial charge in [-0.15, -0.1) is 0 Å². The third kappa shape index (κ3) is 14.2. The van der Waals surface area contributed by atoms with E-state index >= 15 is 0 Å². The largest absolute Gasteiger partial charge is 0.493 e. The first-order chi connectivity index (χ1) is 38.0. The van der Waals surface area contributed by atoms with E-state index in [1.165, 1.54) is 12.7 Å². The predicted molar refractivity (Wildman–Crippen MR) is 313 cm³/mol. The Hall–Kier alpha value is -6.34. The van der Waals surface area contributed by atoms with Gasteiger partial charge in [0.2, 0.25) is 5.91 Å². The van der Waals surface area contributed by atoms with Crippen molar-refractivity contribution in [3.05, 3.63) is 141 Å². The number of hydrogen-bond donors (Lipinski definition) is 2. The number of Topliss-reactive ketones (excluding diaryl/α,β-unsaturated/α-hetero) is 1. The summed E-state index contributed by atoms with van der Waals surface area (Å²) in [5, 5.41) is 6.87. The van der Waals surface area contributed by atoms with Gasteiger partial charge in [-0.25, -0.2) is 0 Å². The number of hydrogen-bond acceptors (Lipinski definition) is 13. The van der Waals surface area contributed by atoms with Gasteiger partial charge in [-0.2, -0.15) is 8.42 Å². The lowest BCUT2D eigenvalue weighted by atomic mass is 9.91. The number of methoxy groups -OCH3 is 1. The van der Waals surface area contributed by atoms with Crippen molar-refractivity contribution >= 4 is 78.5 Å². The Labute approximate surface area is 471 Å². The molecule has 4 aliphatic rings. The van der Waals surface area contributed by atoms with Gasteiger partial charge >= 0.3 is 0 Å². The number of rotatable bonds is 25. The maximum absolute atomic E-state index is 14.5. The van der Waals surface area contributed by atoms with E-state index in [0.717, 1.165) is 72.2 Å². The summed E-state index contributed by atoms with van der Waals surface area (Å²) in [5.41, 5.74) is 9.21. The van der Waals surface area contributed by atoms with E-state index in [4.69, 9.17) is 19.0 Å². The molecule has 4 aliphatic heterocycles. The van der Waals surface area contributed by atoms with Crippen LogP contribution >= 0.6 is 21.6 Å². The van der Waals surface area contributed by atoms with E-state index < -0.39 is 27.8 Å². The predicted octanol–water partition coefficient (Wildman–Crippen LogP) is 11.7. The molecule has 3 atom stereocenters. The fourth-order valence-electron chi connectivity index (χ4n) is 11.3. The number of anilines is 3. The van der Waals surface area contributed by atoms with Gasteiger partial charge in [0, 0.05) is 82.2 Å². The molecule has 0 aliphatic carbocycles. The van der Waals surface area contributed by atoms with Gasteiger partial charge in [0.25, 0.3) is 21.9 Å². The van der Waals surface area contributed by atoms with Crippen LogP contribution in [0.5, 0.6) is 17.2 Å². The highest BCUT2D eigenvalue weighted by atomic mass is 33.1. The molecule has 0 radical (unpaired) electrons. The molecule has 418 valence electrons. The zero-order valence-corrected chi connectivity index (χ0v) is 48.0. The minimum atomic E-state index is -4.41. The SMILES string of the molecule is C/C=N\OCCCCC(=O)CCCSSC(C)(C)CCC(=O)Nc1cc(COc2cc3c(cc2C)C(=O)N2c4ccccc4C[C@H]2CC3)cc(COc2cc3c(cc2OC)C(=O)N2c4ccccc4C[C@H]2C(CS(=O)(=O)O)C3)c1. The number of carbonyl (C=O) groups excluding carboxylic acids is 4. The maximum atomic E-state index is 14.5. The highest BCUT2D eigenvalue weighted by Gasteiger charge is 2.44. The second-order valence-electron chi connectivity index (χ2n) is 21.5. The summed E-state index contributed by atoms with van der Waals surface area (Å²) in [6.07, 6.45) is 8.95. The number of ether oxygens (including phenoxy) is 3. The number of oxime groups is 1. The van der Waals surface area contributed by atoms with Crippen LogP contribution in [0, 0.1) is 12.8 Å². The maximum Gasteiger partial charge on any atom is 0.265 e. The topological polar surface area (TPSA) is 190 Å². The van der Waals surface area contributed by atoms with Crippen LogP contribution in [-0.4, -0.2) is 84.7 Å². The van der Waals surface area contributed by atoms with Crippen LogP contribution in [-0.2, 0) is 63.4 Å². The second kappa shape index (κ2) is 25.4. The molecule has 5 aromatic rings. The molecule has 15 nitrogen and oxygen atoms in total. The van der Waals surface area contributed by atoms with Crippen LogP contribution in [0.2, 0.25) is 0 Å². The Kier molecular flexibility index (Phi) is 18.4. The van der Waals surface area contributed by atoms with Crippen LogP contribution in [0.3, 0.4) is 0 Å². The van der Waals surface area contributed by atoms with E-state index in [0.29, 0.717) is 83.2 Å². The number of benzene rings is 5. The van der Waals surface area contributed by atoms with Crippen molar-refractivity contribution in [1.82, 2.24) is 0 Å². The van der Waals surface area contributed by atoms with Crippen molar-refractivity contribution in [1.29, 1.82) is 0 Å². The first kappa shape index (κ1) is 57.3. The number of aryl methyl sites for hydroxylation is 2. The lowest BCUT2D eigenvalue weighted by Crippen LogP contribution is -2.43. The first-order valence-electron chi connectivity index (χ1n) is 27.2. The summed E-state index contributed by atoms with van der Waals surface area (Å²) in [6, 6.07) is 28.2. The zero-order valence-electron chi connectivity index (χ0n) is 45.6. The number of nitrogens with zero attached hydrogens (tertiary/aromatic N) is 3. The van der Waals surface area contributed by atoms with Gasteiger partial charge in [0.15, 0.2) is 11.5 Å². The van der Waals surface area contributed by atoms with E-state index in [-0.39, 0.29) is 60.3 Å². The minimum Gasteiger partial charge on any atom is -0.493 e. The van der Waals surface area contributed by atoms with Gasteiger partial charge in [-0.3, -0.25) is 23.7 Å². The summed E-state index contributed by atoms with van der Waals surface area (Å²) in [4.78, 5) is 63.5. The molecule has 0 fully saturated rings. The highest BCUT2D eigenvalue weighted by Crippen LogP contribution is 2.44. The van der Waals surface area contributed by atoms with Crippen LogP contribution in [0.25, 0.3) is 0 Å². The molecule has 4 heterocycles. The molecule has 1 unspecified atom stereocenters. The minimum absolute atomic E-state index is 0.00333. The second-order valence-corrected chi connectivity index (χ2v) is 26.2. The van der Waals surface area contributed by atoms with Gasteiger partial charge in [0.05, 0.1) is 12.9 Å². The quantitative estimate of drug-likeness (QED) is 0.0185. The molecule has 79 heavy (non-hydrogen) atoms. The number of nitrogens with one attached hydrogen (secondary N) is 1. The fourth-order valence-corrected chi connectivity index (χ4v) is 14.8. The summed E-state index contributed by atoms with van der Waals surface area (Å²) in [5.74, 6) is 0.796. The third-order valence-corrected chi connectivity index (χ3v) is 19.4.